The molecule has 1 N–H and O–H groups in total. The topological polar surface area (TPSA) is 50.4 Å². The van der Waals surface area contributed by atoms with Crippen LogP contribution < -0.4 is 9.47 Å². The Morgan fingerprint density at radius 2 is 1.74 bits per heavy atom. The average molecular weight is 317 g/mol. The van der Waals surface area contributed by atoms with Gasteiger partial charge in [-0.2, -0.15) is 0 Å². The fourth-order valence-electron chi connectivity index (χ4n) is 3.90. The van der Waals surface area contributed by atoms with Crippen LogP contribution in [0.2, 0.25) is 0 Å². The van der Waals surface area contributed by atoms with Crippen LogP contribution in [0.4, 0.5) is 0 Å². The normalized spacial score (nSPS) is 23.9. The average Bonchev–Trinajstić information content (AvgIpc) is 2.95. The molecule has 2 aromatic rings. The van der Waals surface area contributed by atoms with Crippen LogP contribution >= 0.6 is 0 Å². The summed E-state index contributed by atoms with van der Waals surface area (Å²) in [6, 6.07) is 5.34. The van der Waals surface area contributed by atoms with Gasteiger partial charge in [0.2, 0.25) is 0 Å². The van der Waals surface area contributed by atoms with Gasteiger partial charge in [-0.3, -0.25) is 4.90 Å². The standard InChI is InChI=1S/C18H27N3O2/c1-11-7-6-8-12(2)21(11)13(3)18-19-14-9-16(22-4)17(23-5)10-15(14)20-18/h9-13H,6-8H2,1-5H3,(H,19,20). The zero-order chi connectivity index (χ0) is 16.6. The predicted molar refractivity (Wildman–Crippen MR) is 92.2 cm³/mol. The molecule has 0 bridgehead atoms. The summed E-state index contributed by atoms with van der Waals surface area (Å²) in [5, 5.41) is 0. The minimum absolute atomic E-state index is 0.268. The summed E-state index contributed by atoms with van der Waals surface area (Å²) in [5.41, 5.74) is 1.91. The number of aromatic nitrogens is 2. The lowest BCUT2D eigenvalue weighted by molar-refractivity contribution is 0.0590. The first-order chi connectivity index (χ1) is 11.0. The molecule has 3 atom stereocenters. The van der Waals surface area contributed by atoms with E-state index in [1.165, 1.54) is 19.3 Å². The second kappa shape index (κ2) is 6.40. The lowest BCUT2D eigenvalue weighted by atomic mass is 9.95. The van der Waals surface area contributed by atoms with E-state index in [9.17, 15) is 0 Å². The fraction of sp³-hybridized carbons (Fsp3) is 0.611. The van der Waals surface area contributed by atoms with Crippen molar-refractivity contribution in [3.05, 3.63) is 18.0 Å². The molecule has 0 amide bonds. The van der Waals surface area contributed by atoms with Gasteiger partial charge >= 0.3 is 0 Å². The molecule has 3 rings (SSSR count). The van der Waals surface area contributed by atoms with Crippen LogP contribution in [0.1, 0.15) is 51.9 Å². The number of nitrogens with zero attached hydrogens (tertiary/aromatic N) is 2. The number of rotatable bonds is 4. The van der Waals surface area contributed by atoms with E-state index in [1.807, 2.05) is 12.1 Å². The lowest BCUT2D eigenvalue weighted by Crippen LogP contribution is -2.45. The Morgan fingerprint density at radius 3 is 2.35 bits per heavy atom. The highest BCUT2D eigenvalue weighted by molar-refractivity contribution is 5.79. The van der Waals surface area contributed by atoms with Crippen molar-refractivity contribution in [1.29, 1.82) is 0 Å². The van der Waals surface area contributed by atoms with Crippen molar-refractivity contribution < 1.29 is 9.47 Å². The van der Waals surface area contributed by atoms with Crippen molar-refractivity contribution in [2.24, 2.45) is 0 Å². The molecule has 5 heteroatoms. The fourth-order valence-corrected chi connectivity index (χ4v) is 3.90. The van der Waals surface area contributed by atoms with Crippen LogP contribution in [-0.2, 0) is 0 Å². The van der Waals surface area contributed by atoms with Crippen LogP contribution in [-0.4, -0.2) is 41.2 Å². The Balaban J connectivity index is 1.96. The molecule has 0 radical (unpaired) electrons. The first-order valence-corrected chi connectivity index (χ1v) is 8.44. The number of benzene rings is 1. The summed E-state index contributed by atoms with van der Waals surface area (Å²) >= 11 is 0. The number of imidazole rings is 1. The third-order valence-corrected chi connectivity index (χ3v) is 5.11. The SMILES string of the molecule is COc1cc2nc(C(C)N3C(C)CCCC3C)[nH]c2cc1OC. The second-order valence-electron chi connectivity index (χ2n) is 6.60. The molecule has 1 aromatic carbocycles. The van der Waals surface area contributed by atoms with Crippen LogP contribution in [0.5, 0.6) is 11.5 Å². The molecule has 0 aliphatic carbocycles. The van der Waals surface area contributed by atoms with Gasteiger partial charge < -0.3 is 14.5 Å². The van der Waals surface area contributed by atoms with Crippen molar-refractivity contribution in [1.82, 2.24) is 14.9 Å². The van der Waals surface area contributed by atoms with Crippen molar-refractivity contribution in [2.75, 3.05) is 14.2 Å². The van der Waals surface area contributed by atoms with Gasteiger partial charge in [-0.05, 0) is 33.6 Å². The molecule has 1 aliphatic rings. The molecule has 1 fully saturated rings. The maximum absolute atomic E-state index is 5.38. The number of ether oxygens (including phenoxy) is 2. The van der Waals surface area contributed by atoms with Gasteiger partial charge in [0.05, 0.1) is 31.3 Å². The van der Waals surface area contributed by atoms with Gasteiger partial charge in [0.25, 0.3) is 0 Å². The molecule has 0 spiro atoms. The Kier molecular flexibility index (Phi) is 4.48. The third kappa shape index (κ3) is 2.90. The van der Waals surface area contributed by atoms with Crippen molar-refractivity contribution >= 4 is 11.0 Å². The first-order valence-electron chi connectivity index (χ1n) is 8.44. The summed E-state index contributed by atoms with van der Waals surface area (Å²) in [6.07, 6.45) is 3.84. The van der Waals surface area contributed by atoms with E-state index in [1.54, 1.807) is 14.2 Å². The zero-order valence-corrected chi connectivity index (χ0v) is 14.7. The lowest BCUT2D eigenvalue weighted by Gasteiger charge is -2.42. The van der Waals surface area contributed by atoms with Crippen molar-refractivity contribution in [3.8, 4) is 11.5 Å². The van der Waals surface area contributed by atoms with Gasteiger partial charge in [-0.25, -0.2) is 4.98 Å². The van der Waals surface area contributed by atoms with Gasteiger partial charge in [0, 0.05) is 24.2 Å². The number of hydrogen-bond donors (Lipinski definition) is 1. The predicted octanol–water partition coefficient (Wildman–Crippen LogP) is 3.90. The summed E-state index contributed by atoms with van der Waals surface area (Å²) in [7, 11) is 3.30. The van der Waals surface area contributed by atoms with E-state index in [0.29, 0.717) is 17.8 Å². The summed E-state index contributed by atoms with van der Waals surface area (Å²) in [4.78, 5) is 10.9. The van der Waals surface area contributed by atoms with Gasteiger partial charge in [-0.15, -0.1) is 0 Å². The highest BCUT2D eigenvalue weighted by Crippen LogP contribution is 2.34. The van der Waals surface area contributed by atoms with E-state index in [-0.39, 0.29) is 6.04 Å². The van der Waals surface area contributed by atoms with E-state index in [4.69, 9.17) is 14.5 Å². The molecule has 23 heavy (non-hydrogen) atoms. The number of hydrogen-bond acceptors (Lipinski definition) is 4. The number of piperidine rings is 1. The number of fused-ring (bicyclic) bond motifs is 1. The van der Waals surface area contributed by atoms with Crippen LogP contribution in [0, 0.1) is 0 Å². The quantitative estimate of drug-likeness (QED) is 0.929. The second-order valence-corrected chi connectivity index (χ2v) is 6.60. The number of aromatic amines is 1. The smallest absolute Gasteiger partial charge is 0.163 e. The van der Waals surface area contributed by atoms with E-state index >= 15 is 0 Å². The Labute approximate surface area is 138 Å². The highest BCUT2D eigenvalue weighted by Gasteiger charge is 2.31. The largest absolute Gasteiger partial charge is 0.493 e. The molecule has 1 saturated heterocycles. The Morgan fingerprint density at radius 1 is 1.13 bits per heavy atom. The monoisotopic (exact) mass is 317 g/mol. The summed E-state index contributed by atoms with van der Waals surface area (Å²) in [6.45, 7) is 6.88. The Bertz CT molecular complexity index is 631. The molecule has 1 aliphatic heterocycles. The highest BCUT2D eigenvalue weighted by atomic mass is 16.5. The molecule has 126 valence electrons. The molecule has 3 unspecified atom stereocenters. The van der Waals surface area contributed by atoms with E-state index in [0.717, 1.165) is 22.6 Å². The van der Waals surface area contributed by atoms with Crippen LogP contribution in [0.25, 0.3) is 11.0 Å². The minimum Gasteiger partial charge on any atom is -0.493 e. The number of nitrogens with one attached hydrogen (secondary N) is 1. The maximum Gasteiger partial charge on any atom is 0.163 e. The first kappa shape index (κ1) is 16.1. The van der Waals surface area contributed by atoms with E-state index < -0.39 is 0 Å². The summed E-state index contributed by atoms with van der Waals surface area (Å²) < 4.78 is 10.8. The molecular formula is C18H27N3O2. The van der Waals surface area contributed by atoms with Gasteiger partial charge in [-0.1, -0.05) is 6.42 Å². The van der Waals surface area contributed by atoms with Crippen molar-refractivity contribution in [2.45, 2.75) is 58.2 Å². The van der Waals surface area contributed by atoms with Crippen molar-refractivity contribution in [3.63, 3.8) is 0 Å². The molecule has 1 aromatic heterocycles. The number of H-pyrrole nitrogens is 1. The third-order valence-electron chi connectivity index (χ3n) is 5.11. The van der Waals surface area contributed by atoms with Gasteiger partial charge in [0.1, 0.15) is 5.82 Å². The molecule has 2 heterocycles. The molecule has 5 nitrogen and oxygen atoms in total. The maximum atomic E-state index is 5.38. The number of likely N-dealkylation sites (tertiary alicyclic amines) is 1. The van der Waals surface area contributed by atoms with Crippen LogP contribution in [0.15, 0.2) is 12.1 Å². The van der Waals surface area contributed by atoms with E-state index in [2.05, 4.69) is 30.7 Å². The van der Waals surface area contributed by atoms with Gasteiger partial charge in [0.15, 0.2) is 11.5 Å². The molecule has 0 saturated carbocycles. The Hall–Kier alpha value is -1.75. The minimum atomic E-state index is 0.268. The molecular weight excluding hydrogens is 290 g/mol. The number of methoxy groups -OCH3 is 2. The zero-order valence-electron chi connectivity index (χ0n) is 14.7. The summed E-state index contributed by atoms with van der Waals surface area (Å²) in [5.74, 6) is 2.45. The van der Waals surface area contributed by atoms with Crippen LogP contribution in [0.3, 0.4) is 0 Å².